The first-order chi connectivity index (χ1) is 16.0. The fourth-order valence-corrected chi connectivity index (χ4v) is 3.93. The van der Waals surface area contributed by atoms with Crippen LogP contribution in [0.2, 0.25) is 0 Å². The number of ether oxygens (including phenoxy) is 1. The summed E-state index contributed by atoms with van der Waals surface area (Å²) < 4.78 is 18.8. The van der Waals surface area contributed by atoms with Crippen LogP contribution >= 0.6 is 0 Å². The number of amides is 2. The number of nitrogens with two attached hydrogens (primary N) is 1. The Morgan fingerprint density at radius 3 is 2.79 bits per heavy atom. The van der Waals surface area contributed by atoms with Crippen LogP contribution in [0.4, 0.5) is 10.3 Å². The van der Waals surface area contributed by atoms with Crippen molar-refractivity contribution in [2.75, 3.05) is 31.2 Å². The van der Waals surface area contributed by atoms with Crippen molar-refractivity contribution in [3.05, 3.63) is 41.6 Å². The van der Waals surface area contributed by atoms with Crippen molar-refractivity contribution in [3.63, 3.8) is 0 Å². The number of nitriles is 1. The monoisotopic (exact) mass is 455 g/mol. The molecule has 2 aliphatic heterocycles. The van der Waals surface area contributed by atoms with Gasteiger partial charge in [0.1, 0.15) is 6.07 Å². The summed E-state index contributed by atoms with van der Waals surface area (Å²) in [6.07, 6.45) is 5.77. The van der Waals surface area contributed by atoms with E-state index in [9.17, 15) is 14.0 Å². The molecule has 2 N–H and O–H groups in total. The average Bonchev–Trinajstić information content (AvgIpc) is 3.33. The van der Waals surface area contributed by atoms with Gasteiger partial charge in [-0.1, -0.05) is 0 Å². The van der Waals surface area contributed by atoms with E-state index in [1.165, 1.54) is 11.3 Å². The SMILES string of the molecule is N#Cc1cncc([C@@H]2CCON2C(=O)C2CCN(c3ncc(F)c(OCC(N)=O)n3)CC2)c1. The van der Waals surface area contributed by atoms with Crippen LogP contribution in [0.1, 0.15) is 36.4 Å². The lowest BCUT2D eigenvalue weighted by Crippen LogP contribution is -2.42. The number of carbonyl (C=O) groups is 2. The minimum Gasteiger partial charge on any atom is -0.465 e. The number of anilines is 1. The van der Waals surface area contributed by atoms with E-state index in [1.54, 1.807) is 12.3 Å². The molecule has 1 atom stereocenters. The molecule has 0 spiro atoms. The first kappa shape index (κ1) is 22.3. The first-order valence-electron chi connectivity index (χ1n) is 10.5. The van der Waals surface area contributed by atoms with E-state index in [4.69, 9.17) is 20.6 Å². The number of pyridine rings is 1. The Hall–Kier alpha value is -3.85. The van der Waals surface area contributed by atoms with Crippen molar-refractivity contribution < 1.29 is 23.6 Å². The minimum atomic E-state index is -0.794. The standard InChI is InChI=1S/C21H22FN7O4/c22-16-11-26-21(27-19(16)32-12-18(24)30)28-4-1-14(2-5-28)20(31)29-17(3-6-33-29)15-7-13(8-23)9-25-10-15/h7,9-11,14,17H,1-6,12H2,(H2,24,30)/t17-/m0/s1. The van der Waals surface area contributed by atoms with Crippen LogP contribution in [0.25, 0.3) is 0 Å². The fraction of sp³-hybridized carbons (Fsp3) is 0.429. The van der Waals surface area contributed by atoms with Gasteiger partial charge in [-0.25, -0.2) is 10.0 Å². The molecule has 2 aliphatic rings. The molecule has 2 amide bonds. The Balaban J connectivity index is 1.39. The number of primary amides is 1. The molecule has 4 rings (SSSR count). The zero-order chi connectivity index (χ0) is 23.4. The molecule has 11 nitrogen and oxygen atoms in total. The molecular formula is C21H22FN7O4. The number of piperidine rings is 1. The van der Waals surface area contributed by atoms with Gasteiger partial charge in [0.15, 0.2) is 6.61 Å². The third-order valence-electron chi connectivity index (χ3n) is 5.57. The third-order valence-corrected chi connectivity index (χ3v) is 5.57. The number of aromatic nitrogens is 3. The summed E-state index contributed by atoms with van der Waals surface area (Å²) in [6, 6.07) is 3.49. The number of hydrogen-bond donors (Lipinski definition) is 1. The maximum Gasteiger partial charge on any atom is 0.255 e. The Morgan fingerprint density at radius 2 is 2.06 bits per heavy atom. The van der Waals surface area contributed by atoms with Crippen LogP contribution in [-0.2, 0) is 14.4 Å². The molecule has 33 heavy (non-hydrogen) atoms. The van der Waals surface area contributed by atoms with Gasteiger partial charge in [0, 0.05) is 37.8 Å². The lowest BCUT2D eigenvalue weighted by Gasteiger charge is -2.34. The van der Waals surface area contributed by atoms with Crippen molar-refractivity contribution >= 4 is 17.8 Å². The Kier molecular flexibility index (Phi) is 6.60. The Morgan fingerprint density at radius 1 is 1.27 bits per heavy atom. The highest BCUT2D eigenvalue weighted by Gasteiger charge is 2.37. The summed E-state index contributed by atoms with van der Waals surface area (Å²) in [6.45, 7) is 0.861. The van der Waals surface area contributed by atoms with Crippen LogP contribution in [-0.4, -0.2) is 58.1 Å². The van der Waals surface area contributed by atoms with Gasteiger partial charge < -0.3 is 15.4 Å². The van der Waals surface area contributed by atoms with E-state index in [-0.39, 0.29) is 29.7 Å². The maximum atomic E-state index is 13.8. The van der Waals surface area contributed by atoms with E-state index in [1.807, 2.05) is 4.90 Å². The van der Waals surface area contributed by atoms with Crippen molar-refractivity contribution in [1.82, 2.24) is 20.0 Å². The van der Waals surface area contributed by atoms with Crippen LogP contribution in [0.5, 0.6) is 5.88 Å². The predicted octanol–water partition coefficient (Wildman–Crippen LogP) is 0.868. The van der Waals surface area contributed by atoms with Gasteiger partial charge in [-0.3, -0.25) is 19.4 Å². The molecule has 0 bridgehead atoms. The topological polar surface area (TPSA) is 148 Å². The summed E-state index contributed by atoms with van der Waals surface area (Å²) in [5.74, 6) is -2.02. The highest BCUT2D eigenvalue weighted by Crippen LogP contribution is 2.34. The molecule has 172 valence electrons. The molecule has 2 saturated heterocycles. The number of halogens is 1. The van der Waals surface area contributed by atoms with Crippen LogP contribution < -0.4 is 15.4 Å². The molecule has 2 aromatic rings. The summed E-state index contributed by atoms with van der Waals surface area (Å²) in [5.41, 5.74) is 6.22. The highest BCUT2D eigenvalue weighted by molar-refractivity contribution is 5.79. The first-order valence-corrected chi connectivity index (χ1v) is 10.5. The summed E-state index contributed by atoms with van der Waals surface area (Å²) in [5, 5.41) is 10.5. The van der Waals surface area contributed by atoms with Crippen molar-refractivity contribution in [3.8, 4) is 11.9 Å². The molecule has 2 fully saturated rings. The van der Waals surface area contributed by atoms with Gasteiger partial charge in [0.05, 0.1) is 24.4 Å². The third kappa shape index (κ3) is 4.98. The van der Waals surface area contributed by atoms with E-state index >= 15 is 0 Å². The van der Waals surface area contributed by atoms with Gasteiger partial charge in [0.2, 0.25) is 17.7 Å². The fourth-order valence-electron chi connectivity index (χ4n) is 3.93. The van der Waals surface area contributed by atoms with Gasteiger partial charge in [-0.05, 0) is 24.5 Å². The van der Waals surface area contributed by atoms with Crippen LogP contribution in [0.15, 0.2) is 24.7 Å². The van der Waals surface area contributed by atoms with Crippen LogP contribution in [0, 0.1) is 23.1 Å². The largest absolute Gasteiger partial charge is 0.465 e. The molecule has 0 saturated carbocycles. The van der Waals surface area contributed by atoms with Crippen molar-refractivity contribution in [2.24, 2.45) is 11.7 Å². The zero-order valence-electron chi connectivity index (χ0n) is 17.7. The quantitative estimate of drug-likeness (QED) is 0.670. The smallest absolute Gasteiger partial charge is 0.255 e. The van der Waals surface area contributed by atoms with Crippen molar-refractivity contribution in [2.45, 2.75) is 25.3 Å². The van der Waals surface area contributed by atoms with E-state index < -0.39 is 18.3 Å². The van der Waals surface area contributed by atoms with Gasteiger partial charge >= 0.3 is 0 Å². The molecule has 0 aliphatic carbocycles. The summed E-state index contributed by atoms with van der Waals surface area (Å²) in [7, 11) is 0. The average molecular weight is 455 g/mol. The lowest BCUT2D eigenvalue weighted by atomic mass is 9.95. The Labute approximate surface area is 188 Å². The normalized spacial score (nSPS) is 18.7. The molecule has 2 aromatic heterocycles. The van der Waals surface area contributed by atoms with E-state index in [0.29, 0.717) is 44.5 Å². The number of carbonyl (C=O) groups excluding carboxylic acids is 2. The summed E-state index contributed by atoms with van der Waals surface area (Å²) in [4.78, 5) is 43.6. The second kappa shape index (κ2) is 9.74. The molecule has 0 unspecified atom stereocenters. The zero-order valence-corrected chi connectivity index (χ0v) is 17.7. The predicted molar refractivity (Wildman–Crippen MR) is 111 cm³/mol. The van der Waals surface area contributed by atoms with Gasteiger partial charge in [-0.15, -0.1) is 0 Å². The van der Waals surface area contributed by atoms with E-state index in [0.717, 1.165) is 11.8 Å². The second-order valence-corrected chi connectivity index (χ2v) is 7.76. The maximum absolute atomic E-state index is 13.8. The molecule has 4 heterocycles. The number of nitrogens with zero attached hydrogens (tertiary/aromatic N) is 6. The highest BCUT2D eigenvalue weighted by atomic mass is 19.1. The Bertz CT molecular complexity index is 1080. The van der Waals surface area contributed by atoms with Crippen LogP contribution in [0.3, 0.4) is 0 Å². The molecular weight excluding hydrogens is 433 g/mol. The lowest BCUT2D eigenvalue weighted by molar-refractivity contribution is -0.182. The second-order valence-electron chi connectivity index (χ2n) is 7.76. The number of rotatable bonds is 6. The molecule has 12 heteroatoms. The molecule has 0 aromatic carbocycles. The van der Waals surface area contributed by atoms with Crippen molar-refractivity contribution in [1.29, 1.82) is 5.26 Å². The summed E-state index contributed by atoms with van der Waals surface area (Å²) >= 11 is 0. The van der Waals surface area contributed by atoms with Gasteiger partial charge in [-0.2, -0.15) is 14.6 Å². The molecule has 0 radical (unpaired) electrons. The van der Waals surface area contributed by atoms with Gasteiger partial charge in [0.25, 0.3) is 11.8 Å². The minimum absolute atomic E-state index is 0.120. The number of hydroxylamine groups is 2. The number of hydrogen-bond acceptors (Lipinski definition) is 9. The van der Waals surface area contributed by atoms with E-state index in [2.05, 4.69) is 21.0 Å².